The van der Waals surface area contributed by atoms with Gasteiger partial charge >= 0.3 is 14.2 Å². The standard InChI is InChI=1S/C4H12B2O4/c1-4(2,6(9)10)3-5(7)8/h7-10H,3H2,1-2H3. The van der Waals surface area contributed by atoms with Gasteiger partial charge in [-0.05, 0) is 11.6 Å². The lowest BCUT2D eigenvalue weighted by Crippen LogP contribution is -2.32. The molecule has 0 aromatic heterocycles. The van der Waals surface area contributed by atoms with Gasteiger partial charge in [0.05, 0.1) is 0 Å². The first-order valence-corrected chi connectivity index (χ1v) is 3.08. The van der Waals surface area contributed by atoms with E-state index in [-0.39, 0.29) is 6.32 Å². The Bertz CT molecular complexity index is 103. The van der Waals surface area contributed by atoms with Gasteiger partial charge in [-0.1, -0.05) is 13.8 Å². The second kappa shape index (κ2) is 3.39. The maximum atomic E-state index is 8.66. The monoisotopic (exact) mass is 146 g/mol. The average Bonchev–Trinajstić information content (AvgIpc) is 1.60. The van der Waals surface area contributed by atoms with E-state index in [1.807, 2.05) is 0 Å². The van der Waals surface area contributed by atoms with E-state index in [9.17, 15) is 0 Å². The smallest absolute Gasteiger partial charge is 0.427 e. The quantitative estimate of drug-likeness (QED) is 0.373. The van der Waals surface area contributed by atoms with Crippen LogP contribution < -0.4 is 0 Å². The van der Waals surface area contributed by atoms with E-state index in [0.29, 0.717) is 0 Å². The Kier molecular flexibility index (Phi) is 3.38. The molecule has 0 aliphatic carbocycles. The first kappa shape index (κ1) is 9.97. The van der Waals surface area contributed by atoms with Crippen LogP contribution in [0.15, 0.2) is 0 Å². The van der Waals surface area contributed by atoms with Crippen molar-refractivity contribution in [2.45, 2.75) is 25.5 Å². The Labute approximate surface area is 60.8 Å². The minimum atomic E-state index is -1.52. The highest BCUT2D eigenvalue weighted by Gasteiger charge is 2.35. The van der Waals surface area contributed by atoms with Crippen molar-refractivity contribution >= 4 is 14.2 Å². The van der Waals surface area contributed by atoms with Crippen molar-refractivity contribution in [3.63, 3.8) is 0 Å². The SMILES string of the molecule is CC(C)(CB(O)O)B(O)O. The maximum Gasteiger partial charge on any atom is 0.457 e. The first-order valence-electron chi connectivity index (χ1n) is 3.08. The maximum absolute atomic E-state index is 8.66. The molecule has 0 heterocycles. The molecule has 4 N–H and O–H groups in total. The summed E-state index contributed by atoms with van der Waals surface area (Å²) in [7, 11) is -3.01. The summed E-state index contributed by atoms with van der Waals surface area (Å²) in [6.45, 7) is 3.08. The third-order valence-electron chi connectivity index (χ3n) is 1.41. The highest BCUT2D eigenvalue weighted by atomic mass is 16.4. The molecule has 6 heteroatoms. The molecule has 0 radical (unpaired) electrons. The molecule has 10 heavy (non-hydrogen) atoms. The van der Waals surface area contributed by atoms with Crippen molar-refractivity contribution in [2.24, 2.45) is 0 Å². The Morgan fingerprint density at radius 1 is 1.10 bits per heavy atom. The van der Waals surface area contributed by atoms with Gasteiger partial charge in [0.2, 0.25) is 0 Å². The van der Waals surface area contributed by atoms with Crippen LogP contribution in [0.5, 0.6) is 0 Å². The van der Waals surface area contributed by atoms with Crippen LogP contribution in [-0.2, 0) is 0 Å². The van der Waals surface area contributed by atoms with Crippen LogP contribution in [0.1, 0.15) is 13.8 Å². The van der Waals surface area contributed by atoms with Gasteiger partial charge in [0.1, 0.15) is 0 Å². The number of rotatable bonds is 3. The number of hydrogen-bond donors (Lipinski definition) is 4. The molecule has 0 spiro atoms. The van der Waals surface area contributed by atoms with Crippen LogP contribution in [0.2, 0.25) is 11.6 Å². The third kappa shape index (κ3) is 3.22. The van der Waals surface area contributed by atoms with Crippen LogP contribution in [0.3, 0.4) is 0 Å². The second-order valence-electron chi connectivity index (χ2n) is 3.05. The molecule has 0 atom stereocenters. The lowest BCUT2D eigenvalue weighted by atomic mass is 9.52. The second-order valence-corrected chi connectivity index (χ2v) is 3.05. The van der Waals surface area contributed by atoms with Crippen LogP contribution in [0, 0.1) is 0 Å². The summed E-state index contributed by atoms with van der Waals surface area (Å²) in [6.07, 6.45) is -0.0509. The molecule has 0 aromatic rings. The van der Waals surface area contributed by atoms with Crippen molar-refractivity contribution in [2.75, 3.05) is 0 Å². The zero-order valence-electron chi connectivity index (χ0n) is 6.15. The lowest BCUT2D eigenvalue weighted by Gasteiger charge is -2.21. The molecule has 0 fully saturated rings. The zero-order valence-corrected chi connectivity index (χ0v) is 6.15. The highest BCUT2D eigenvalue weighted by Crippen LogP contribution is 2.31. The Balaban J connectivity index is 3.87. The summed E-state index contributed by atoms with van der Waals surface area (Å²) >= 11 is 0. The van der Waals surface area contributed by atoms with Crippen molar-refractivity contribution < 1.29 is 20.1 Å². The van der Waals surface area contributed by atoms with Gasteiger partial charge in [0.25, 0.3) is 0 Å². The molecule has 0 unspecified atom stereocenters. The van der Waals surface area contributed by atoms with E-state index < -0.39 is 19.6 Å². The lowest BCUT2D eigenvalue weighted by molar-refractivity contribution is 0.341. The van der Waals surface area contributed by atoms with Crippen LogP contribution >= 0.6 is 0 Å². The fourth-order valence-electron chi connectivity index (χ4n) is 0.576. The molecular weight excluding hydrogens is 134 g/mol. The van der Waals surface area contributed by atoms with Crippen molar-refractivity contribution in [3.8, 4) is 0 Å². The topological polar surface area (TPSA) is 80.9 Å². The van der Waals surface area contributed by atoms with Gasteiger partial charge < -0.3 is 20.1 Å². The molecule has 0 saturated carbocycles. The van der Waals surface area contributed by atoms with Crippen LogP contribution in [0.4, 0.5) is 0 Å². The summed E-state index contributed by atoms with van der Waals surface area (Å²) in [5, 5.41) is 33.4. The first-order chi connectivity index (χ1) is 4.36. The summed E-state index contributed by atoms with van der Waals surface area (Å²) < 4.78 is 0. The third-order valence-corrected chi connectivity index (χ3v) is 1.41. The van der Waals surface area contributed by atoms with Gasteiger partial charge in [-0.3, -0.25) is 0 Å². The average molecular weight is 146 g/mol. The molecule has 0 saturated heterocycles. The molecule has 0 rings (SSSR count). The summed E-state index contributed by atoms with van der Waals surface area (Å²) in [4.78, 5) is 0. The summed E-state index contributed by atoms with van der Waals surface area (Å²) in [5.41, 5.74) is 0. The fraction of sp³-hybridized carbons (Fsp3) is 1.00. The van der Waals surface area contributed by atoms with E-state index in [4.69, 9.17) is 20.1 Å². The highest BCUT2D eigenvalue weighted by molar-refractivity contribution is 6.50. The van der Waals surface area contributed by atoms with Crippen molar-refractivity contribution in [1.82, 2.24) is 0 Å². The molecule has 0 aromatic carbocycles. The largest absolute Gasteiger partial charge is 0.457 e. The fourth-order valence-corrected chi connectivity index (χ4v) is 0.576. The molecule has 0 amide bonds. The van der Waals surface area contributed by atoms with Crippen LogP contribution in [-0.4, -0.2) is 34.3 Å². The van der Waals surface area contributed by atoms with E-state index in [1.54, 1.807) is 0 Å². The van der Waals surface area contributed by atoms with Gasteiger partial charge in [-0.2, -0.15) is 0 Å². The van der Waals surface area contributed by atoms with Gasteiger partial charge in [-0.15, -0.1) is 0 Å². The Hall–Kier alpha value is -0.0301. The minimum Gasteiger partial charge on any atom is -0.427 e. The predicted molar refractivity (Wildman–Crippen MR) is 39.2 cm³/mol. The minimum absolute atomic E-state index is 0.0509. The molecule has 0 bridgehead atoms. The van der Waals surface area contributed by atoms with Gasteiger partial charge in [0.15, 0.2) is 0 Å². The van der Waals surface area contributed by atoms with Crippen LogP contribution in [0.25, 0.3) is 0 Å². The van der Waals surface area contributed by atoms with E-state index in [1.165, 1.54) is 13.8 Å². The van der Waals surface area contributed by atoms with Crippen molar-refractivity contribution in [1.29, 1.82) is 0 Å². The summed E-state index contributed by atoms with van der Waals surface area (Å²) in [6, 6.07) is 0. The Morgan fingerprint density at radius 3 is 1.60 bits per heavy atom. The van der Waals surface area contributed by atoms with E-state index >= 15 is 0 Å². The zero-order chi connectivity index (χ0) is 8.36. The molecule has 58 valence electrons. The van der Waals surface area contributed by atoms with Gasteiger partial charge in [0, 0.05) is 0 Å². The molecular formula is C4H12B2O4. The predicted octanol–water partition coefficient (Wildman–Crippen LogP) is -1.29. The molecule has 4 nitrogen and oxygen atoms in total. The Morgan fingerprint density at radius 2 is 1.50 bits per heavy atom. The molecule has 0 aliphatic heterocycles. The van der Waals surface area contributed by atoms with E-state index in [0.717, 1.165) is 0 Å². The van der Waals surface area contributed by atoms with Crippen molar-refractivity contribution in [3.05, 3.63) is 0 Å². The normalized spacial score (nSPS) is 11.4. The summed E-state index contributed by atoms with van der Waals surface area (Å²) in [5.74, 6) is 0. The number of hydrogen-bond acceptors (Lipinski definition) is 4. The van der Waals surface area contributed by atoms with Gasteiger partial charge in [-0.25, -0.2) is 0 Å². The molecule has 0 aliphatic rings. The van der Waals surface area contributed by atoms with E-state index in [2.05, 4.69) is 0 Å².